The average molecular weight is 194 g/mol. The second kappa shape index (κ2) is 3.82. The smallest absolute Gasteiger partial charge is 0.0107 e. The molecule has 3 rings (SSSR count). The summed E-state index contributed by atoms with van der Waals surface area (Å²) in [4.78, 5) is 2.68. The van der Waals surface area contributed by atoms with Crippen LogP contribution in [-0.2, 0) is 0 Å². The molecule has 0 aromatic heterocycles. The van der Waals surface area contributed by atoms with Gasteiger partial charge in [0.15, 0.2) is 0 Å². The lowest BCUT2D eigenvalue weighted by molar-refractivity contribution is 0.225. The summed E-state index contributed by atoms with van der Waals surface area (Å²) in [6, 6.07) is 0. The summed E-state index contributed by atoms with van der Waals surface area (Å²) in [6.07, 6.45) is 6.11. The molecule has 2 heteroatoms. The first-order chi connectivity index (χ1) is 6.95. The first kappa shape index (κ1) is 9.17. The molecule has 2 saturated carbocycles. The van der Waals surface area contributed by atoms with Gasteiger partial charge in [-0.2, -0.15) is 0 Å². The van der Waals surface area contributed by atoms with Crippen molar-refractivity contribution in [2.75, 3.05) is 32.7 Å². The number of nitrogens with zero attached hydrogens (tertiary/aromatic N) is 1. The zero-order valence-electron chi connectivity index (χ0n) is 9.04. The summed E-state index contributed by atoms with van der Waals surface area (Å²) in [5.41, 5.74) is 0. The van der Waals surface area contributed by atoms with Crippen LogP contribution in [0.2, 0.25) is 0 Å². The molecule has 2 unspecified atom stereocenters. The molecule has 80 valence electrons. The van der Waals surface area contributed by atoms with Crippen LogP contribution < -0.4 is 5.32 Å². The van der Waals surface area contributed by atoms with Crippen molar-refractivity contribution in [3.05, 3.63) is 0 Å². The van der Waals surface area contributed by atoms with Crippen molar-refractivity contribution in [2.24, 2.45) is 17.8 Å². The third kappa shape index (κ3) is 1.70. The van der Waals surface area contributed by atoms with E-state index in [-0.39, 0.29) is 0 Å². The largest absolute Gasteiger partial charge is 0.314 e. The van der Waals surface area contributed by atoms with Gasteiger partial charge in [-0.1, -0.05) is 12.8 Å². The van der Waals surface area contributed by atoms with Crippen LogP contribution in [0.3, 0.4) is 0 Å². The average Bonchev–Trinajstić information content (AvgIpc) is 2.94. The van der Waals surface area contributed by atoms with Gasteiger partial charge >= 0.3 is 0 Å². The molecule has 1 aliphatic heterocycles. The quantitative estimate of drug-likeness (QED) is 0.713. The zero-order valence-corrected chi connectivity index (χ0v) is 9.04. The molecule has 1 saturated heterocycles. The van der Waals surface area contributed by atoms with Crippen LogP contribution >= 0.6 is 0 Å². The van der Waals surface area contributed by atoms with Gasteiger partial charge in [0.25, 0.3) is 0 Å². The normalized spacial score (nSPS) is 43.3. The number of piperazine rings is 1. The van der Waals surface area contributed by atoms with E-state index in [2.05, 4.69) is 10.2 Å². The van der Waals surface area contributed by atoms with Crippen molar-refractivity contribution in [1.29, 1.82) is 0 Å². The molecule has 0 spiro atoms. The fraction of sp³-hybridized carbons (Fsp3) is 1.00. The highest BCUT2D eigenvalue weighted by atomic mass is 15.2. The monoisotopic (exact) mass is 194 g/mol. The number of hydrogen-bond acceptors (Lipinski definition) is 2. The molecule has 0 amide bonds. The maximum Gasteiger partial charge on any atom is 0.0107 e. The maximum atomic E-state index is 3.43. The Morgan fingerprint density at radius 3 is 2.29 bits per heavy atom. The van der Waals surface area contributed by atoms with Crippen molar-refractivity contribution in [3.63, 3.8) is 0 Å². The van der Waals surface area contributed by atoms with Crippen molar-refractivity contribution in [2.45, 2.75) is 25.7 Å². The van der Waals surface area contributed by atoms with Crippen LogP contribution in [-0.4, -0.2) is 37.6 Å². The van der Waals surface area contributed by atoms with Gasteiger partial charge in [-0.15, -0.1) is 0 Å². The van der Waals surface area contributed by atoms with Gasteiger partial charge in [-0.05, 0) is 30.6 Å². The van der Waals surface area contributed by atoms with E-state index in [0.29, 0.717) is 0 Å². The third-order valence-corrected chi connectivity index (χ3v) is 4.51. The summed E-state index contributed by atoms with van der Waals surface area (Å²) in [5.74, 6) is 3.37. The summed E-state index contributed by atoms with van der Waals surface area (Å²) < 4.78 is 0. The molecule has 2 atom stereocenters. The van der Waals surface area contributed by atoms with Crippen LogP contribution in [0, 0.1) is 17.8 Å². The Balaban J connectivity index is 1.48. The van der Waals surface area contributed by atoms with Crippen LogP contribution in [0.1, 0.15) is 25.7 Å². The molecule has 0 aromatic rings. The molecule has 3 aliphatic rings. The van der Waals surface area contributed by atoms with E-state index in [4.69, 9.17) is 0 Å². The van der Waals surface area contributed by atoms with Gasteiger partial charge in [0, 0.05) is 32.7 Å². The van der Waals surface area contributed by atoms with E-state index in [0.717, 1.165) is 17.8 Å². The first-order valence-electron chi connectivity index (χ1n) is 6.38. The molecule has 0 radical (unpaired) electrons. The molecule has 2 nitrogen and oxygen atoms in total. The van der Waals surface area contributed by atoms with Gasteiger partial charge in [0.1, 0.15) is 0 Å². The minimum atomic E-state index is 1.09. The minimum absolute atomic E-state index is 1.09. The molecule has 0 bridgehead atoms. The fourth-order valence-corrected chi connectivity index (χ4v) is 3.60. The Morgan fingerprint density at radius 2 is 1.64 bits per heavy atom. The van der Waals surface area contributed by atoms with Crippen LogP contribution in [0.15, 0.2) is 0 Å². The number of rotatable bonds is 2. The first-order valence-corrected chi connectivity index (χ1v) is 6.38. The summed E-state index contributed by atoms with van der Waals surface area (Å²) in [7, 11) is 0. The Labute approximate surface area is 87.0 Å². The minimum Gasteiger partial charge on any atom is -0.314 e. The number of fused-ring (bicyclic) bond motifs is 1. The van der Waals surface area contributed by atoms with Crippen molar-refractivity contribution < 1.29 is 0 Å². The summed E-state index contributed by atoms with van der Waals surface area (Å²) >= 11 is 0. The number of nitrogens with one attached hydrogen (secondary N) is 1. The summed E-state index contributed by atoms with van der Waals surface area (Å²) in [6.45, 7) is 6.41. The second-order valence-electron chi connectivity index (χ2n) is 5.33. The van der Waals surface area contributed by atoms with Crippen LogP contribution in [0.4, 0.5) is 0 Å². The Bertz CT molecular complexity index is 186. The van der Waals surface area contributed by atoms with Gasteiger partial charge in [-0.25, -0.2) is 0 Å². The highest BCUT2D eigenvalue weighted by Gasteiger charge is 2.50. The number of hydrogen-bond donors (Lipinski definition) is 1. The van der Waals surface area contributed by atoms with Gasteiger partial charge in [-0.3, -0.25) is 0 Å². The standard InChI is InChI=1S/C12H22N2/c1-2-4-11-10(3-1)12(11)9-14-7-5-13-6-8-14/h10-13H,1-9H2. The van der Waals surface area contributed by atoms with E-state index in [1.54, 1.807) is 12.8 Å². The van der Waals surface area contributed by atoms with E-state index < -0.39 is 0 Å². The Hall–Kier alpha value is -0.0800. The molecule has 1 heterocycles. The van der Waals surface area contributed by atoms with E-state index in [1.807, 2.05) is 0 Å². The van der Waals surface area contributed by atoms with Gasteiger partial charge in [0.2, 0.25) is 0 Å². The third-order valence-electron chi connectivity index (χ3n) is 4.51. The zero-order chi connectivity index (χ0) is 9.38. The molecule has 3 fully saturated rings. The summed E-state index contributed by atoms with van der Waals surface area (Å²) in [5, 5.41) is 3.43. The molecule has 2 aliphatic carbocycles. The lowest BCUT2D eigenvalue weighted by Gasteiger charge is -2.27. The van der Waals surface area contributed by atoms with E-state index in [1.165, 1.54) is 45.6 Å². The highest BCUT2D eigenvalue weighted by Crippen LogP contribution is 2.55. The predicted molar refractivity (Wildman–Crippen MR) is 58.2 cm³/mol. The van der Waals surface area contributed by atoms with E-state index in [9.17, 15) is 0 Å². The predicted octanol–water partition coefficient (Wildman–Crippen LogP) is 1.33. The Kier molecular flexibility index (Phi) is 2.50. The molecular weight excluding hydrogens is 172 g/mol. The van der Waals surface area contributed by atoms with Crippen LogP contribution in [0.25, 0.3) is 0 Å². The van der Waals surface area contributed by atoms with E-state index >= 15 is 0 Å². The highest BCUT2D eigenvalue weighted by molar-refractivity contribution is 5.00. The fourth-order valence-electron chi connectivity index (χ4n) is 3.60. The van der Waals surface area contributed by atoms with Gasteiger partial charge in [0.05, 0.1) is 0 Å². The lowest BCUT2D eigenvalue weighted by Crippen LogP contribution is -2.44. The van der Waals surface area contributed by atoms with Crippen molar-refractivity contribution in [1.82, 2.24) is 10.2 Å². The molecule has 0 aromatic carbocycles. The molecule has 1 N–H and O–H groups in total. The Morgan fingerprint density at radius 1 is 1.00 bits per heavy atom. The van der Waals surface area contributed by atoms with Crippen LogP contribution in [0.5, 0.6) is 0 Å². The SMILES string of the molecule is C1CCC2C(C1)C2CN1CCNCC1. The topological polar surface area (TPSA) is 15.3 Å². The second-order valence-corrected chi connectivity index (χ2v) is 5.33. The van der Waals surface area contributed by atoms with Crippen molar-refractivity contribution >= 4 is 0 Å². The van der Waals surface area contributed by atoms with Gasteiger partial charge < -0.3 is 10.2 Å². The lowest BCUT2D eigenvalue weighted by atomic mass is 10.0. The maximum absolute atomic E-state index is 3.43. The molecular formula is C12H22N2. The molecule has 14 heavy (non-hydrogen) atoms. The van der Waals surface area contributed by atoms with Crippen molar-refractivity contribution in [3.8, 4) is 0 Å².